The second-order valence-corrected chi connectivity index (χ2v) is 4.65. The molecule has 2 aromatic heterocycles. The number of benzene rings is 1. The zero-order chi connectivity index (χ0) is 13.9. The maximum Gasteiger partial charge on any atom is 0.398 e. The van der Waals surface area contributed by atoms with Crippen LogP contribution in [0, 0.1) is 0 Å². The van der Waals surface area contributed by atoms with Gasteiger partial charge in [-0.15, -0.1) is 0 Å². The monoisotopic (exact) mass is 277 g/mol. The summed E-state index contributed by atoms with van der Waals surface area (Å²) in [6.07, 6.45) is -1.95. The average Bonchev–Trinajstić information content (AvgIpc) is 2.88. The van der Waals surface area contributed by atoms with Crippen molar-refractivity contribution in [1.29, 1.82) is 0 Å². The summed E-state index contributed by atoms with van der Waals surface area (Å²) in [7, 11) is 0. The van der Waals surface area contributed by atoms with Crippen LogP contribution in [0.4, 0.5) is 14.7 Å². The van der Waals surface area contributed by atoms with Crippen LogP contribution in [0.15, 0.2) is 18.5 Å². The largest absolute Gasteiger partial charge is 0.430 e. The van der Waals surface area contributed by atoms with Gasteiger partial charge in [0.05, 0.1) is 6.42 Å². The Morgan fingerprint density at radius 1 is 1.35 bits per heavy atom. The van der Waals surface area contributed by atoms with Crippen molar-refractivity contribution in [3.63, 3.8) is 0 Å². The highest BCUT2D eigenvalue weighted by Gasteiger charge is 2.37. The molecule has 3 heterocycles. The van der Waals surface area contributed by atoms with Crippen molar-refractivity contribution in [3.05, 3.63) is 24.0 Å². The van der Waals surface area contributed by atoms with Crippen molar-refractivity contribution < 1.29 is 13.5 Å². The zero-order valence-corrected chi connectivity index (χ0v) is 10.2. The molecule has 0 fully saturated rings. The predicted molar refractivity (Wildman–Crippen MR) is 66.6 cm³/mol. The minimum atomic E-state index is -3.18. The smallest absolute Gasteiger partial charge is 0.398 e. The number of rotatable bonds is 0. The van der Waals surface area contributed by atoms with Crippen molar-refractivity contribution >= 4 is 22.5 Å². The number of anilines is 1. The first-order valence-electron chi connectivity index (χ1n) is 6.03. The van der Waals surface area contributed by atoms with Crippen LogP contribution in [0.2, 0.25) is 0 Å². The van der Waals surface area contributed by atoms with Crippen molar-refractivity contribution in [1.82, 2.24) is 19.6 Å². The Morgan fingerprint density at radius 2 is 2.20 bits per heavy atom. The normalized spacial score (nSPS) is 17.1. The van der Waals surface area contributed by atoms with Crippen LogP contribution in [0.1, 0.15) is 12.0 Å². The van der Waals surface area contributed by atoms with E-state index in [1.54, 1.807) is 12.1 Å². The molecule has 6 nitrogen and oxygen atoms in total. The Balaban J connectivity index is 2.11. The minimum absolute atomic E-state index is 0.0795. The molecular weight excluding hydrogens is 268 g/mol. The van der Waals surface area contributed by atoms with Crippen LogP contribution in [0.25, 0.3) is 16.6 Å². The summed E-state index contributed by atoms with van der Waals surface area (Å²) in [5, 5.41) is 4.52. The Morgan fingerprint density at radius 3 is 3.05 bits per heavy atom. The van der Waals surface area contributed by atoms with E-state index in [0.29, 0.717) is 22.1 Å². The summed E-state index contributed by atoms with van der Waals surface area (Å²) >= 11 is 0. The molecule has 20 heavy (non-hydrogen) atoms. The summed E-state index contributed by atoms with van der Waals surface area (Å²) in [5.41, 5.74) is 7.22. The fraction of sp³-hybridized carbons (Fsp3) is 0.250. The second kappa shape index (κ2) is 3.53. The first-order chi connectivity index (χ1) is 9.55. The van der Waals surface area contributed by atoms with Gasteiger partial charge in [0.15, 0.2) is 11.4 Å². The van der Waals surface area contributed by atoms with E-state index in [4.69, 9.17) is 10.5 Å². The van der Waals surface area contributed by atoms with Gasteiger partial charge in [-0.05, 0) is 18.1 Å². The van der Waals surface area contributed by atoms with Gasteiger partial charge in [0.2, 0.25) is 5.95 Å². The summed E-state index contributed by atoms with van der Waals surface area (Å²) in [5.74, 6) is 0.159. The number of ether oxygens (including phenoxy) is 1. The van der Waals surface area contributed by atoms with Crippen molar-refractivity contribution in [2.24, 2.45) is 0 Å². The molecule has 0 spiro atoms. The molecule has 0 aliphatic carbocycles. The Labute approximate surface area is 111 Å². The fourth-order valence-corrected chi connectivity index (χ4v) is 2.45. The number of hydrogen-bond acceptors (Lipinski definition) is 5. The molecule has 0 unspecified atom stereocenters. The van der Waals surface area contributed by atoms with Crippen molar-refractivity contribution in [3.8, 4) is 5.75 Å². The van der Waals surface area contributed by atoms with E-state index in [2.05, 4.69) is 15.1 Å². The third-order valence-corrected chi connectivity index (χ3v) is 3.38. The molecule has 2 N–H and O–H groups in total. The maximum atomic E-state index is 13.5. The van der Waals surface area contributed by atoms with Crippen LogP contribution in [-0.2, 0) is 6.42 Å². The highest BCUT2D eigenvalue weighted by Crippen LogP contribution is 2.40. The number of alkyl halides is 2. The second-order valence-electron chi connectivity index (χ2n) is 4.65. The number of fused-ring (bicyclic) bond motifs is 5. The van der Waals surface area contributed by atoms with E-state index in [0.717, 1.165) is 0 Å². The van der Waals surface area contributed by atoms with Crippen LogP contribution in [0.3, 0.4) is 0 Å². The lowest BCUT2D eigenvalue weighted by Crippen LogP contribution is -2.29. The summed E-state index contributed by atoms with van der Waals surface area (Å²) in [6, 6.07) is 3.52. The standard InChI is InChI=1S/C12H9F2N5O/c13-12(14)4-3-6-1-2-7-8(9(6)20-12)18-11(15)19-10(7)16-5-17-19/h1-2,5H,3-4H2,(H2,15,18). The highest BCUT2D eigenvalue weighted by molar-refractivity contribution is 5.96. The van der Waals surface area contributed by atoms with Crippen LogP contribution >= 0.6 is 0 Å². The lowest BCUT2D eigenvalue weighted by molar-refractivity contribution is -0.186. The topological polar surface area (TPSA) is 78.3 Å². The number of aryl methyl sites for hydroxylation is 1. The number of nitrogens with two attached hydrogens (primary N) is 1. The molecule has 0 amide bonds. The molecule has 0 radical (unpaired) electrons. The summed E-state index contributed by atoms with van der Waals surface area (Å²) in [6.45, 7) is 0. The Hall–Kier alpha value is -2.51. The van der Waals surface area contributed by atoms with Crippen molar-refractivity contribution in [2.45, 2.75) is 19.0 Å². The number of nitrogens with zero attached hydrogens (tertiary/aromatic N) is 4. The number of halogens is 2. The summed E-state index contributed by atoms with van der Waals surface area (Å²) in [4.78, 5) is 8.22. The van der Waals surface area contributed by atoms with E-state index in [1.807, 2.05) is 0 Å². The van der Waals surface area contributed by atoms with Crippen LogP contribution in [-0.4, -0.2) is 25.7 Å². The molecule has 3 aromatic rings. The van der Waals surface area contributed by atoms with Gasteiger partial charge in [0.1, 0.15) is 11.8 Å². The van der Waals surface area contributed by atoms with Crippen LogP contribution in [0.5, 0.6) is 5.75 Å². The number of hydrogen-bond donors (Lipinski definition) is 1. The van der Waals surface area contributed by atoms with E-state index < -0.39 is 6.11 Å². The lowest BCUT2D eigenvalue weighted by Gasteiger charge is -2.25. The molecule has 4 rings (SSSR count). The van der Waals surface area contributed by atoms with Gasteiger partial charge in [-0.1, -0.05) is 6.07 Å². The van der Waals surface area contributed by atoms with Gasteiger partial charge in [-0.2, -0.15) is 18.4 Å². The molecule has 1 aromatic carbocycles. The Kier molecular flexibility index (Phi) is 2.00. The fourth-order valence-electron chi connectivity index (χ4n) is 2.45. The first-order valence-corrected chi connectivity index (χ1v) is 6.03. The predicted octanol–water partition coefficient (Wildman–Crippen LogP) is 1.78. The van der Waals surface area contributed by atoms with Gasteiger partial charge in [0.25, 0.3) is 0 Å². The quantitative estimate of drug-likeness (QED) is 0.677. The molecule has 102 valence electrons. The van der Waals surface area contributed by atoms with Crippen molar-refractivity contribution in [2.75, 3.05) is 5.73 Å². The maximum absolute atomic E-state index is 13.5. The molecule has 0 bridgehead atoms. The first kappa shape index (κ1) is 11.3. The van der Waals surface area contributed by atoms with E-state index >= 15 is 0 Å². The van der Waals surface area contributed by atoms with Gasteiger partial charge in [-0.25, -0.2) is 9.97 Å². The van der Waals surface area contributed by atoms with E-state index in [-0.39, 0.29) is 24.5 Å². The molecule has 1 aliphatic heterocycles. The van der Waals surface area contributed by atoms with E-state index in [1.165, 1.54) is 10.8 Å². The third kappa shape index (κ3) is 1.44. The summed E-state index contributed by atoms with van der Waals surface area (Å²) < 4.78 is 33.1. The average molecular weight is 277 g/mol. The third-order valence-electron chi connectivity index (χ3n) is 3.38. The molecule has 1 aliphatic rings. The number of nitrogen functional groups attached to an aromatic ring is 1. The molecule has 8 heteroatoms. The Bertz CT molecular complexity index is 845. The zero-order valence-electron chi connectivity index (χ0n) is 10.2. The molecular formula is C12H9F2N5O. The van der Waals surface area contributed by atoms with Gasteiger partial charge in [-0.3, -0.25) is 0 Å². The van der Waals surface area contributed by atoms with Crippen LogP contribution < -0.4 is 10.5 Å². The molecule has 0 saturated heterocycles. The van der Waals surface area contributed by atoms with Gasteiger partial charge in [0, 0.05) is 5.39 Å². The van der Waals surface area contributed by atoms with Gasteiger partial charge < -0.3 is 10.5 Å². The van der Waals surface area contributed by atoms with E-state index in [9.17, 15) is 8.78 Å². The van der Waals surface area contributed by atoms with Gasteiger partial charge >= 0.3 is 6.11 Å². The minimum Gasteiger partial charge on any atom is -0.430 e. The molecule has 0 saturated carbocycles. The lowest BCUT2D eigenvalue weighted by atomic mass is 10.0. The SMILES string of the molecule is Nc1nc2c3c(ccc2c2ncnn12)CCC(F)(F)O3. The highest BCUT2D eigenvalue weighted by atomic mass is 19.3. The number of aromatic nitrogens is 4. The molecule has 0 atom stereocenters.